The maximum atomic E-state index is 13.1. The van der Waals surface area contributed by atoms with Gasteiger partial charge in [0.25, 0.3) is 0 Å². The average Bonchev–Trinajstić information content (AvgIpc) is 2.95. The van der Waals surface area contributed by atoms with Crippen LogP contribution in [0, 0.1) is 12.7 Å². The monoisotopic (exact) mass is 343 g/mol. The Morgan fingerprint density at radius 2 is 2.08 bits per heavy atom. The highest BCUT2D eigenvalue weighted by Crippen LogP contribution is 2.19. The Labute approximate surface area is 142 Å². The van der Waals surface area contributed by atoms with Crippen LogP contribution in [0.15, 0.2) is 53.7 Å². The number of thioether (sulfide) groups is 1. The summed E-state index contributed by atoms with van der Waals surface area (Å²) in [6, 6.07) is 11.2. The minimum atomic E-state index is -0.325. The molecule has 6 nitrogen and oxygen atoms in total. The van der Waals surface area contributed by atoms with Gasteiger partial charge in [0.1, 0.15) is 16.7 Å². The molecule has 3 rings (SSSR count). The molecule has 0 fully saturated rings. The SMILES string of the molecule is Cc1cc(NC(=O)CSc2cccnn2)n(-c2ccc(F)cc2)n1. The molecule has 8 heteroatoms. The van der Waals surface area contributed by atoms with Crippen LogP contribution in [-0.2, 0) is 4.79 Å². The number of carbonyl (C=O) groups is 1. The van der Waals surface area contributed by atoms with Crippen molar-refractivity contribution in [3.8, 4) is 5.69 Å². The van der Waals surface area contributed by atoms with E-state index < -0.39 is 0 Å². The summed E-state index contributed by atoms with van der Waals surface area (Å²) in [7, 11) is 0. The van der Waals surface area contributed by atoms with Gasteiger partial charge in [0.05, 0.1) is 17.1 Å². The third-order valence-corrected chi connectivity index (χ3v) is 3.99. The Hall–Kier alpha value is -2.74. The second-order valence-corrected chi connectivity index (χ2v) is 5.95. The van der Waals surface area contributed by atoms with Crippen LogP contribution in [-0.4, -0.2) is 31.6 Å². The minimum Gasteiger partial charge on any atom is -0.310 e. The molecule has 0 bridgehead atoms. The van der Waals surface area contributed by atoms with Gasteiger partial charge in [-0.2, -0.15) is 10.2 Å². The maximum Gasteiger partial charge on any atom is 0.235 e. The zero-order valence-corrected chi connectivity index (χ0v) is 13.6. The molecule has 0 spiro atoms. The van der Waals surface area contributed by atoms with E-state index in [0.29, 0.717) is 16.5 Å². The Bertz CT molecular complexity index is 835. The standard InChI is InChI=1S/C16H14FN5OS/c1-11-9-14(22(21-11)13-6-4-12(17)5-7-13)19-15(23)10-24-16-3-2-8-18-20-16/h2-9H,10H2,1H3,(H,19,23). The summed E-state index contributed by atoms with van der Waals surface area (Å²) in [5, 5.41) is 15.5. The average molecular weight is 343 g/mol. The molecule has 2 aromatic heterocycles. The number of anilines is 1. The number of rotatable bonds is 5. The van der Waals surface area contributed by atoms with Gasteiger partial charge in [-0.15, -0.1) is 5.10 Å². The Balaban J connectivity index is 1.71. The van der Waals surface area contributed by atoms with E-state index in [9.17, 15) is 9.18 Å². The van der Waals surface area contributed by atoms with Crippen LogP contribution in [0.25, 0.3) is 5.69 Å². The lowest BCUT2D eigenvalue weighted by Gasteiger charge is -2.08. The quantitative estimate of drug-likeness (QED) is 0.721. The Morgan fingerprint density at radius 3 is 2.79 bits per heavy atom. The van der Waals surface area contributed by atoms with Crippen molar-refractivity contribution in [1.82, 2.24) is 20.0 Å². The Morgan fingerprint density at radius 1 is 1.29 bits per heavy atom. The number of benzene rings is 1. The fourth-order valence-electron chi connectivity index (χ4n) is 2.05. The molecule has 1 N–H and O–H groups in total. The lowest BCUT2D eigenvalue weighted by Crippen LogP contribution is -2.17. The molecule has 122 valence electrons. The smallest absolute Gasteiger partial charge is 0.235 e. The summed E-state index contributed by atoms with van der Waals surface area (Å²) in [5.41, 5.74) is 1.41. The van der Waals surface area contributed by atoms with E-state index in [2.05, 4.69) is 20.6 Å². The van der Waals surface area contributed by atoms with Gasteiger partial charge in [0.15, 0.2) is 0 Å². The van der Waals surface area contributed by atoms with Crippen molar-refractivity contribution in [3.05, 3.63) is 60.2 Å². The Kier molecular flexibility index (Phi) is 4.85. The molecule has 3 aromatic rings. The minimum absolute atomic E-state index is 0.186. The molecule has 24 heavy (non-hydrogen) atoms. The van der Waals surface area contributed by atoms with E-state index >= 15 is 0 Å². The van der Waals surface area contributed by atoms with E-state index in [1.165, 1.54) is 23.9 Å². The third kappa shape index (κ3) is 3.96. The predicted molar refractivity (Wildman–Crippen MR) is 89.6 cm³/mol. The van der Waals surface area contributed by atoms with Gasteiger partial charge in [-0.05, 0) is 43.3 Å². The predicted octanol–water partition coefficient (Wildman–Crippen LogP) is 2.84. The number of nitrogens with one attached hydrogen (secondary N) is 1. The van der Waals surface area contributed by atoms with Crippen LogP contribution < -0.4 is 5.32 Å². The van der Waals surface area contributed by atoms with Crippen LogP contribution >= 0.6 is 11.8 Å². The first-order valence-electron chi connectivity index (χ1n) is 7.15. The molecule has 0 unspecified atom stereocenters. The molecule has 0 aliphatic carbocycles. The first-order chi connectivity index (χ1) is 11.6. The van der Waals surface area contributed by atoms with Crippen LogP contribution in [0.3, 0.4) is 0 Å². The summed E-state index contributed by atoms with van der Waals surface area (Å²) in [6.45, 7) is 1.82. The van der Waals surface area contributed by atoms with Crippen molar-refractivity contribution in [3.63, 3.8) is 0 Å². The fraction of sp³-hybridized carbons (Fsp3) is 0.125. The molecule has 2 heterocycles. The van der Waals surface area contributed by atoms with Crippen molar-refractivity contribution < 1.29 is 9.18 Å². The molecule has 0 saturated heterocycles. The molecular formula is C16H14FN5OS. The van der Waals surface area contributed by atoms with Gasteiger partial charge in [-0.25, -0.2) is 9.07 Å². The summed E-state index contributed by atoms with van der Waals surface area (Å²) in [5.74, 6) is 0.221. The third-order valence-electron chi connectivity index (χ3n) is 3.07. The number of aryl methyl sites for hydroxylation is 1. The van der Waals surface area contributed by atoms with Crippen molar-refractivity contribution in [2.24, 2.45) is 0 Å². The second-order valence-electron chi connectivity index (χ2n) is 4.96. The summed E-state index contributed by atoms with van der Waals surface area (Å²) < 4.78 is 14.6. The molecule has 0 aliphatic heterocycles. The molecule has 0 saturated carbocycles. The van der Waals surface area contributed by atoms with E-state index in [0.717, 1.165) is 5.69 Å². The fourth-order valence-corrected chi connectivity index (χ4v) is 2.68. The normalized spacial score (nSPS) is 10.6. The largest absolute Gasteiger partial charge is 0.310 e. The van der Waals surface area contributed by atoms with E-state index in [-0.39, 0.29) is 17.5 Å². The van der Waals surface area contributed by atoms with Crippen molar-refractivity contribution >= 4 is 23.5 Å². The van der Waals surface area contributed by atoms with Gasteiger partial charge in [-0.1, -0.05) is 11.8 Å². The van der Waals surface area contributed by atoms with Crippen LogP contribution in [0.1, 0.15) is 5.69 Å². The lowest BCUT2D eigenvalue weighted by molar-refractivity contribution is -0.113. The highest BCUT2D eigenvalue weighted by Gasteiger charge is 2.11. The van der Waals surface area contributed by atoms with Crippen molar-refractivity contribution in [2.45, 2.75) is 11.9 Å². The van der Waals surface area contributed by atoms with Gasteiger partial charge >= 0.3 is 0 Å². The maximum absolute atomic E-state index is 13.1. The zero-order chi connectivity index (χ0) is 16.9. The van der Waals surface area contributed by atoms with Gasteiger partial charge < -0.3 is 5.32 Å². The van der Waals surface area contributed by atoms with Crippen LogP contribution in [0.5, 0.6) is 0 Å². The number of carbonyl (C=O) groups excluding carboxylic acids is 1. The highest BCUT2D eigenvalue weighted by atomic mass is 32.2. The van der Waals surface area contributed by atoms with Crippen LogP contribution in [0.2, 0.25) is 0 Å². The van der Waals surface area contributed by atoms with E-state index in [1.807, 2.05) is 6.92 Å². The number of aromatic nitrogens is 4. The van der Waals surface area contributed by atoms with Crippen LogP contribution in [0.4, 0.5) is 10.2 Å². The molecule has 0 atom stereocenters. The van der Waals surface area contributed by atoms with E-state index in [4.69, 9.17) is 0 Å². The lowest BCUT2D eigenvalue weighted by atomic mass is 10.3. The summed E-state index contributed by atoms with van der Waals surface area (Å²) in [4.78, 5) is 12.2. The molecule has 0 radical (unpaired) electrons. The van der Waals surface area contributed by atoms with Gasteiger partial charge in [0.2, 0.25) is 5.91 Å². The first-order valence-corrected chi connectivity index (χ1v) is 8.13. The molecule has 1 amide bonds. The number of nitrogens with zero attached hydrogens (tertiary/aromatic N) is 4. The number of halogens is 1. The highest BCUT2D eigenvalue weighted by molar-refractivity contribution is 7.99. The van der Waals surface area contributed by atoms with Gasteiger partial charge in [0, 0.05) is 12.3 Å². The van der Waals surface area contributed by atoms with Gasteiger partial charge in [-0.3, -0.25) is 4.79 Å². The summed E-state index contributed by atoms with van der Waals surface area (Å²) in [6.07, 6.45) is 1.58. The number of hydrogen-bond acceptors (Lipinski definition) is 5. The van der Waals surface area contributed by atoms with Crippen molar-refractivity contribution in [1.29, 1.82) is 0 Å². The zero-order valence-electron chi connectivity index (χ0n) is 12.8. The number of amides is 1. The second kappa shape index (κ2) is 7.22. The van der Waals surface area contributed by atoms with Crippen molar-refractivity contribution in [2.75, 3.05) is 11.1 Å². The molecule has 0 aliphatic rings. The topological polar surface area (TPSA) is 72.7 Å². The number of hydrogen-bond donors (Lipinski definition) is 1. The summed E-state index contributed by atoms with van der Waals surface area (Å²) >= 11 is 1.29. The molecular weight excluding hydrogens is 329 g/mol. The van der Waals surface area contributed by atoms with E-state index in [1.54, 1.807) is 41.2 Å². The first kappa shape index (κ1) is 16.1. The molecule has 1 aromatic carbocycles.